The third kappa shape index (κ3) is 1.78. The van der Waals surface area contributed by atoms with Crippen LogP contribution in [-0.2, 0) is 0 Å². The minimum absolute atomic E-state index is 0. The minimum atomic E-state index is 0. The molecule has 0 fully saturated rings. The number of hydrogen-bond acceptors (Lipinski definition) is 2. The van der Waals surface area contributed by atoms with Gasteiger partial charge in [-0.15, -0.1) is 24.8 Å². The summed E-state index contributed by atoms with van der Waals surface area (Å²) in [5.41, 5.74) is 2.19. The molecule has 0 aromatic heterocycles. The molecule has 1 aliphatic rings. The first-order valence-corrected chi connectivity index (χ1v) is 4.26. The van der Waals surface area contributed by atoms with Crippen molar-refractivity contribution in [3.63, 3.8) is 0 Å². The fraction of sp³-hybridized carbons (Fsp3) is 0. The van der Waals surface area contributed by atoms with Crippen molar-refractivity contribution >= 4 is 53.3 Å². The number of halogens is 2. The summed E-state index contributed by atoms with van der Waals surface area (Å²) in [7, 11) is 0. The molecule has 3 rings (SSSR count). The molecule has 1 aliphatic heterocycles. The van der Waals surface area contributed by atoms with E-state index in [-0.39, 0.29) is 24.8 Å². The molecular weight excluding hydrogens is 231 g/mol. The Morgan fingerprint density at radius 2 is 1.67 bits per heavy atom. The highest BCUT2D eigenvalue weighted by Gasteiger charge is 2.06. The maximum absolute atomic E-state index is 4.28. The van der Waals surface area contributed by atoms with Crippen LogP contribution < -0.4 is 5.32 Å². The summed E-state index contributed by atoms with van der Waals surface area (Å²) in [4.78, 5) is 4.28. The molecule has 0 aliphatic carbocycles. The molecule has 0 saturated heterocycles. The van der Waals surface area contributed by atoms with Gasteiger partial charge in [0.05, 0.1) is 12.0 Å². The van der Waals surface area contributed by atoms with Crippen molar-refractivity contribution < 1.29 is 0 Å². The van der Waals surface area contributed by atoms with E-state index < -0.39 is 0 Å². The van der Waals surface area contributed by atoms with Gasteiger partial charge in [0.15, 0.2) is 0 Å². The Balaban J connectivity index is 0.000000562. The highest BCUT2D eigenvalue weighted by atomic mass is 35.5. The average molecular weight is 241 g/mol. The second kappa shape index (κ2) is 4.51. The van der Waals surface area contributed by atoms with Crippen LogP contribution in [0.15, 0.2) is 41.4 Å². The number of nitrogens with one attached hydrogen (secondary N) is 1. The Morgan fingerprint density at radius 3 is 2.47 bits per heavy atom. The van der Waals surface area contributed by atoms with Gasteiger partial charge in [-0.2, -0.15) is 0 Å². The quantitative estimate of drug-likeness (QED) is 0.745. The second-order valence-electron chi connectivity index (χ2n) is 3.08. The molecule has 15 heavy (non-hydrogen) atoms. The molecule has 0 atom stereocenters. The molecule has 2 nitrogen and oxygen atoms in total. The number of benzene rings is 2. The normalized spacial score (nSPS) is 11.2. The molecule has 0 radical (unpaired) electrons. The van der Waals surface area contributed by atoms with E-state index in [9.17, 15) is 0 Å². The van der Waals surface area contributed by atoms with Crippen LogP contribution in [0, 0.1) is 0 Å². The average Bonchev–Trinajstić information content (AvgIpc) is 2.19. The van der Waals surface area contributed by atoms with E-state index in [0.717, 1.165) is 11.4 Å². The van der Waals surface area contributed by atoms with E-state index in [0.29, 0.717) is 0 Å². The van der Waals surface area contributed by atoms with Crippen LogP contribution in [0.2, 0.25) is 0 Å². The van der Waals surface area contributed by atoms with Crippen LogP contribution >= 0.6 is 24.8 Å². The van der Waals surface area contributed by atoms with Gasteiger partial charge in [-0.1, -0.05) is 24.3 Å². The zero-order valence-electron chi connectivity index (χ0n) is 7.81. The standard InChI is InChI=1S/C11H8N2.2ClH/c1-3-8-4-2-6-10-11(8)9(5-1)12-7-13-10;;/h1-7H,(H,12,13);2*1H. The summed E-state index contributed by atoms with van der Waals surface area (Å²) in [5.74, 6) is 0. The van der Waals surface area contributed by atoms with Crippen LogP contribution in [0.1, 0.15) is 0 Å². The highest BCUT2D eigenvalue weighted by Crippen LogP contribution is 2.33. The number of anilines is 1. The molecule has 0 unspecified atom stereocenters. The smallest absolute Gasteiger partial charge is 0.0930 e. The Bertz CT molecular complexity index is 504. The lowest BCUT2D eigenvalue weighted by Crippen LogP contribution is -1.99. The molecular formula is C11H10Cl2N2. The number of rotatable bonds is 0. The Kier molecular flexibility index (Phi) is 3.56. The maximum Gasteiger partial charge on any atom is 0.0930 e. The van der Waals surface area contributed by atoms with E-state index in [1.165, 1.54) is 10.8 Å². The first-order chi connectivity index (χ1) is 6.45. The molecule has 1 heterocycles. The SMILES string of the molecule is C1=Nc2cccc3cccc(c23)N1.Cl.Cl. The van der Waals surface area contributed by atoms with Crippen molar-refractivity contribution in [2.75, 3.05) is 5.32 Å². The van der Waals surface area contributed by atoms with Crippen molar-refractivity contribution in [1.82, 2.24) is 0 Å². The molecule has 0 saturated carbocycles. The first-order valence-electron chi connectivity index (χ1n) is 4.26. The van der Waals surface area contributed by atoms with E-state index in [2.05, 4.69) is 28.5 Å². The van der Waals surface area contributed by atoms with Gasteiger partial charge in [-0.25, -0.2) is 4.99 Å². The predicted molar refractivity (Wildman–Crippen MR) is 70.2 cm³/mol. The lowest BCUT2D eigenvalue weighted by molar-refractivity contribution is 1.53. The maximum atomic E-state index is 4.28. The van der Waals surface area contributed by atoms with Crippen LogP contribution in [0.3, 0.4) is 0 Å². The third-order valence-corrected chi connectivity index (χ3v) is 2.31. The van der Waals surface area contributed by atoms with Crippen LogP contribution in [0.4, 0.5) is 11.4 Å². The Labute approximate surface area is 100 Å². The largest absolute Gasteiger partial charge is 0.346 e. The number of hydrogen-bond donors (Lipinski definition) is 1. The molecule has 2 aromatic rings. The molecule has 4 heteroatoms. The van der Waals surface area contributed by atoms with Gasteiger partial charge in [-0.3, -0.25) is 0 Å². The van der Waals surface area contributed by atoms with E-state index >= 15 is 0 Å². The summed E-state index contributed by atoms with van der Waals surface area (Å²) < 4.78 is 0. The summed E-state index contributed by atoms with van der Waals surface area (Å²) in [6.45, 7) is 0. The van der Waals surface area contributed by atoms with Crippen molar-refractivity contribution in [2.45, 2.75) is 0 Å². The third-order valence-electron chi connectivity index (χ3n) is 2.31. The Hall–Kier alpha value is -1.25. The lowest BCUT2D eigenvalue weighted by atomic mass is 10.1. The monoisotopic (exact) mass is 240 g/mol. The van der Waals surface area contributed by atoms with Crippen molar-refractivity contribution in [1.29, 1.82) is 0 Å². The van der Waals surface area contributed by atoms with Gasteiger partial charge < -0.3 is 5.32 Å². The first kappa shape index (κ1) is 11.8. The highest BCUT2D eigenvalue weighted by molar-refractivity contribution is 6.08. The molecule has 0 bridgehead atoms. The zero-order valence-corrected chi connectivity index (χ0v) is 9.44. The minimum Gasteiger partial charge on any atom is -0.346 e. The van der Waals surface area contributed by atoms with Gasteiger partial charge >= 0.3 is 0 Å². The van der Waals surface area contributed by atoms with E-state index in [1.54, 1.807) is 6.34 Å². The topological polar surface area (TPSA) is 24.4 Å². The molecule has 0 spiro atoms. The van der Waals surface area contributed by atoms with Crippen molar-refractivity contribution in [3.05, 3.63) is 36.4 Å². The van der Waals surface area contributed by atoms with Gasteiger partial charge in [0, 0.05) is 11.1 Å². The molecule has 1 N–H and O–H groups in total. The van der Waals surface area contributed by atoms with E-state index in [1.807, 2.05) is 18.2 Å². The molecule has 0 amide bonds. The predicted octanol–water partition coefficient (Wildman–Crippen LogP) is 3.77. The second-order valence-corrected chi connectivity index (χ2v) is 3.08. The van der Waals surface area contributed by atoms with Crippen LogP contribution in [0.25, 0.3) is 10.8 Å². The number of nitrogens with zero attached hydrogens (tertiary/aromatic N) is 1. The van der Waals surface area contributed by atoms with Crippen LogP contribution in [0.5, 0.6) is 0 Å². The fourth-order valence-electron chi connectivity index (χ4n) is 1.72. The zero-order chi connectivity index (χ0) is 8.67. The molecule has 78 valence electrons. The van der Waals surface area contributed by atoms with Crippen molar-refractivity contribution in [2.24, 2.45) is 4.99 Å². The van der Waals surface area contributed by atoms with Crippen molar-refractivity contribution in [3.8, 4) is 0 Å². The van der Waals surface area contributed by atoms with Gasteiger partial charge in [0.2, 0.25) is 0 Å². The van der Waals surface area contributed by atoms with Gasteiger partial charge in [-0.05, 0) is 17.5 Å². The van der Waals surface area contributed by atoms with Crippen LogP contribution in [-0.4, -0.2) is 6.34 Å². The van der Waals surface area contributed by atoms with Gasteiger partial charge in [0.1, 0.15) is 0 Å². The fourth-order valence-corrected chi connectivity index (χ4v) is 1.72. The lowest BCUT2D eigenvalue weighted by Gasteiger charge is -2.12. The Morgan fingerprint density at radius 1 is 0.933 bits per heavy atom. The number of aliphatic imine (C=N–C) groups is 1. The summed E-state index contributed by atoms with van der Waals surface area (Å²) in [5, 5.41) is 5.59. The summed E-state index contributed by atoms with van der Waals surface area (Å²) >= 11 is 0. The summed E-state index contributed by atoms with van der Waals surface area (Å²) in [6.07, 6.45) is 1.73. The summed E-state index contributed by atoms with van der Waals surface area (Å²) in [6, 6.07) is 12.4. The molecule has 2 aromatic carbocycles. The van der Waals surface area contributed by atoms with E-state index in [4.69, 9.17) is 0 Å². The van der Waals surface area contributed by atoms with Gasteiger partial charge in [0.25, 0.3) is 0 Å².